The molecule has 772 valence electrons. The molecule has 0 unspecified atom stereocenters. The molecule has 0 aliphatic carbocycles. The quantitative estimate of drug-likeness (QED) is 0.0175. The first-order valence-corrected chi connectivity index (χ1v) is 52.2. The van der Waals surface area contributed by atoms with Gasteiger partial charge in [0.15, 0.2) is 11.6 Å². The van der Waals surface area contributed by atoms with E-state index in [0.29, 0.717) is 36.4 Å². The number of rotatable bonds is 41. The number of benzene rings is 4. The zero-order chi connectivity index (χ0) is 103. The summed E-state index contributed by atoms with van der Waals surface area (Å²) in [6, 6.07) is 46.9. The molecule has 15 heterocycles. The van der Waals surface area contributed by atoms with Gasteiger partial charge in [-0.3, -0.25) is 64.0 Å². The van der Waals surface area contributed by atoms with Crippen LogP contribution >= 0.6 is 0 Å². The highest BCUT2D eigenvalue weighted by atomic mass is 16.5. The molecule has 4 aliphatic rings. The van der Waals surface area contributed by atoms with Crippen LogP contribution in [0, 0.1) is 27.7 Å². The highest BCUT2D eigenvalue weighted by Gasteiger charge is 2.22. The summed E-state index contributed by atoms with van der Waals surface area (Å²) in [5, 5.41) is 21.6. The van der Waals surface area contributed by atoms with E-state index in [0.717, 1.165) is 330 Å². The molecule has 0 atom stereocenters. The Kier molecular flexibility index (Phi) is 42.3. The molecule has 19 rings (SSSR count). The number of carbonyl (C=O) groups is 2. The minimum Gasteiger partial charge on any atom is -0.379 e. The number of piperazine rings is 2. The molecule has 4 saturated heterocycles. The highest BCUT2D eigenvalue weighted by Crippen LogP contribution is 2.32. The van der Waals surface area contributed by atoms with E-state index in [1.807, 2.05) is 130 Å². The number of pyridine rings is 6. The van der Waals surface area contributed by atoms with Crippen molar-refractivity contribution in [2.45, 2.75) is 139 Å². The van der Waals surface area contributed by atoms with Crippen molar-refractivity contribution < 1.29 is 28.5 Å². The Hall–Kier alpha value is -14.1. The van der Waals surface area contributed by atoms with Crippen molar-refractivity contribution >= 4 is 124 Å². The molecule has 4 fully saturated rings. The number of nitrogens with zero attached hydrogens (tertiary/aromatic N) is 22. The van der Waals surface area contributed by atoms with Crippen molar-refractivity contribution in [3.63, 3.8) is 0 Å². The van der Waals surface area contributed by atoms with E-state index in [9.17, 15) is 9.59 Å². The molecule has 4 aromatic carbocycles. The van der Waals surface area contributed by atoms with Crippen molar-refractivity contribution in [1.82, 2.24) is 109 Å². The normalized spacial score (nSPS) is 14.5. The summed E-state index contributed by atoms with van der Waals surface area (Å²) >= 11 is 0. The van der Waals surface area contributed by atoms with Gasteiger partial charge in [0, 0.05) is 189 Å². The Labute approximate surface area is 868 Å². The number of fused-ring (bicyclic) bond motifs is 5. The topological polar surface area (TPSA) is 357 Å². The van der Waals surface area contributed by atoms with Crippen LogP contribution in [-0.2, 0) is 67.2 Å². The maximum Gasteiger partial charge on any atom is 0.161 e. The second kappa shape index (κ2) is 57.9. The van der Waals surface area contributed by atoms with E-state index in [1.165, 1.54) is 43.2 Å². The van der Waals surface area contributed by atoms with Crippen molar-refractivity contribution in [1.29, 1.82) is 0 Å². The second-order valence-corrected chi connectivity index (χ2v) is 37.7. The summed E-state index contributed by atoms with van der Waals surface area (Å²) in [4.78, 5) is 110. The molecule has 15 aromatic rings. The maximum absolute atomic E-state index is 12.6. The van der Waals surface area contributed by atoms with Gasteiger partial charge in [-0.25, -0.2) is 49.8 Å². The average Bonchev–Trinajstić information content (AvgIpc) is 0.809. The number of ketones is 2. The van der Waals surface area contributed by atoms with Crippen LogP contribution < -0.4 is 26.6 Å². The van der Waals surface area contributed by atoms with E-state index < -0.39 is 0 Å². The number of morpholine rings is 2. The molecule has 0 amide bonds. The summed E-state index contributed by atoms with van der Waals surface area (Å²) in [5.41, 5.74) is 19.2. The Bertz CT molecular complexity index is 6790. The number of aromatic nitrogens is 16. The molecular weight excluding hydrogens is 1860 g/mol. The smallest absolute Gasteiger partial charge is 0.161 e. The molecule has 4 aliphatic heterocycles. The van der Waals surface area contributed by atoms with Gasteiger partial charge in [-0.15, -0.1) is 0 Å². The zero-order valence-corrected chi connectivity index (χ0v) is 86.9. The molecular formula is C115H141N27O6. The summed E-state index contributed by atoms with van der Waals surface area (Å²) in [6.07, 6.45) is 36.9. The number of allylic oxidation sites excluding steroid dienone is 2. The Morgan fingerprint density at radius 2 is 0.676 bits per heavy atom. The molecule has 5 N–H and O–H groups in total. The third-order valence-electron chi connectivity index (χ3n) is 25.7. The zero-order valence-electron chi connectivity index (χ0n) is 86.9. The van der Waals surface area contributed by atoms with Crippen molar-refractivity contribution in [3.05, 3.63) is 289 Å². The molecule has 0 saturated carbocycles. The summed E-state index contributed by atoms with van der Waals surface area (Å²) in [5.74, 6) is 3.91. The predicted octanol–water partition coefficient (Wildman–Crippen LogP) is 18.6. The fraction of sp³-hybridized carbons (Fsp3) is 0.391. The third kappa shape index (κ3) is 34.5. The van der Waals surface area contributed by atoms with E-state index in [2.05, 4.69) is 238 Å². The van der Waals surface area contributed by atoms with Gasteiger partial charge >= 0.3 is 0 Å². The van der Waals surface area contributed by atoms with Crippen molar-refractivity contribution in [2.75, 3.05) is 184 Å². The first-order valence-electron chi connectivity index (χ1n) is 52.2. The van der Waals surface area contributed by atoms with E-state index >= 15 is 0 Å². The molecule has 33 heteroatoms. The number of ether oxygens (including phenoxy) is 4. The number of aryl methyl sites for hydroxylation is 7. The van der Waals surface area contributed by atoms with Gasteiger partial charge in [0.05, 0.1) is 123 Å². The number of hydrogen-bond donors (Lipinski definition) is 5. The Balaban J connectivity index is 0.000000140. The number of anilines is 10. The van der Waals surface area contributed by atoms with E-state index in [-0.39, 0.29) is 24.4 Å². The molecule has 0 spiro atoms. The third-order valence-corrected chi connectivity index (χ3v) is 25.7. The fourth-order valence-corrected chi connectivity index (χ4v) is 17.6. The highest BCUT2D eigenvalue weighted by molar-refractivity contribution is 5.97. The van der Waals surface area contributed by atoms with Crippen LogP contribution in [-0.4, -0.2) is 278 Å². The standard InChI is InChI=1S/C27H34N6O2.C26H32N6O.C24H31N5O2.C20H24N6O.C18H20N4/c1-3-14-35-20-33-12-10-32(11-13-33)9-5-8-24(34)16-23-17-25-26(18-28-23)29-19-30-27(25)31-22-7-4-6-21(2)15-22;1-3-9-31-11-13-32(14-12-31)10-5-8-23(33)16-22-17-24-25(18-27-22)28-19-29-26(24)30-21-7-4-6-20(2)15-21;1-2-11-31-17-19-5-3-6-21(14-19)28-24-22-15-20(25-16-23(22)26-18-27-24)7-4-8-29-9-12-30-13-10-29;1-15-4-5-17(12-21-15)25-20-18-11-16(22-13-19(18)23-14-24-20)3-2-6-26-7-9-27-10-8-26;1-3-4-7-14-10-16-17(11-19-14)20-12-21-18(16)22-15-8-5-6-13(2)9-15/h4-8,15,17-19H,3,9-14,16,20H2,1-2H3,(H,29,30,31);4-8,15,17-19H,3,9-14,16H2,1-2H3,(H,28,29,30);3,5-6,14-16,18H,2,4,7-13,17H2,1H3,(H,26,27,28);4-5,11-14H,2-3,6-10H2,1H3,(H,23,24,25);5-6,8-12H,3-4,7H2,1-2H3,(H,20,21,22)/b2*8-5+;;;. The molecule has 0 radical (unpaired) electrons. The SMILES string of the molecule is CCCCc1cc2c(Nc3cccc(C)c3)ncnc2cn1.CCCN1CCN(C/C=C/C(=O)Cc2cc3c(Nc4cccc(C)c4)ncnc3cn2)CC1.CCCOCN1CCN(C/C=C/C(=O)Cc2cc3c(Nc4cccc(C)c4)ncnc3cn2)CC1.CCCOCc1cccc(Nc2ncnc3cnc(CCCN4CCOCC4)cc23)c1.Cc1ccc(Nc2ncnc3cnc(CCCN4CCOCC4)cc23)cn1. The van der Waals surface area contributed by atoms with Gasteiger partial charge in [-0.2, -0.15) is 0 Å². The number of unbranched alkanes of at least 4 members (excludes halogenated alkanes) is 1. The van der Waals surface area contributed by atoms with Crippen LogP contribution in [0.2, 0.25) is 0 Å². The number of nitrogens with one attached hydrogen (secondary N) is 5. The molecule has 33 nitrogen and oxygen atoms in total. The van der Waals surface area contributed by atoms with Crippen LogP contribution in [0.1, 0.15) is 129 Å². The van der Waals surface area contributed by atoms with Gasteiger partial charge < -0.3 is 50.4 Å². The van der Waals surface area contributed by atoms with Gasteiger partial charge in [0.25, 0.3) is 0 Å². The number of carbonyl (C=O) groups excluding carboxylic acids is 2. The van der Waals surface area contributed by atoms with E-state index in [1.54, 1.807) is 43.5 Å². The van der Waals surface area contributed by atoms with Crippen LogP contribution in [0.15, 0.2) is 233 Å². The van der Waals surface area contributed by atoms with E-state index in [4.69, 9.17) is 18.9 Å². The minimum absolute atomic E-state index is 0.0356. The molecule has 0 bridgehead atoms. The molecule has 148 heavy (non-hydrogen) atoms. The lowest BCUT2D eigenvalue weighted by Gasteiger charge is -2.33. The van der Waals surface area contributed by atoms with Gasteiger partial charge in [-0.05, 0) is 231 Å². The van der Waals surface area contributed by atoms with Crippen LogP contribution in [0.3, 0.4) is 0 Å². The van der Waals surface area contributed by atoms with Crippen molar-refractivity contribution in [3.8, 4) is 0 Å². The monoisotopic (exact) mass is 2000 g/mol. The van der Waals surface area contributed by atoms with Crippen molar-refractivity contribution in [2.24, 2.45) is 0 Å². The lowest BCUT2D eigenvalue weighted by Crippen LogP contribution is -2.46. The number of hydrogen-bond acceptors (Lipinski definition) is 33. The molecule has 11 aromatic heterocycles. The van der Waals surface area contributed by atoms with Gasteiger partial charge in [0.1, 0.15) is 60.7 Å². The summed E-state index contributed by atoms with van der Waals surface area (Å²) < 4.78 is 22.1. The first kappa shape index (κ1) is 108. The summed E-state index contributed by atoms with van der Waals surface area (Å²) in [7, 11) is 0. The van der Waals surface area contributed by atoms with Crippen LogP contribution in [0.5, 0.6) is 0 Å². The van der Waals surface area contributed by atoms with Gasteiger partial charge in [-0.1, -0.05) is 94.8 Å². The minimum atomic E-state index is 0.0356. The second-order valence-electron chi connectivity index (χ2n) is 37.7. The lowest BCUT2D eigenvalue weighted by atomic mass is 10.1. The predicted molar refractivity (Wildman–Crippen MR) is 590 cm³/mol. The summed E-state index contributed by atoms with van der Waals surface area (Å²) in [6.45, 7) is 40.4. The van der Waals surface area contributed by atoms with Crippen LogP contribution in [0.4, 0.5) is 57.5 Å². The lowest BCUT2D eigenvalue weighted by molar-refractivity contribution is -0.114. The first-order chi connectivity index (χ1) is 72.6. The fourth-order valence-electron chi connectivity index (χ4n) is 17.6. The Morgan fingerprint density at radius 3 is 1.05 bits per heavy atom. The Morgan fingerprint density at radius 1 is 0.324 bits per heavy atom. The largest absolute Gasteiger partial charge is 0.379 e. The average molecular weight is 2000 g/mol. The van der Waals surface area contributed by atoms with Crippen LogP contribution in [0.25, 0.3) is 54.5 Å². The maximum atomic E-state index is 12.6. The van der Waals surface area contributed by atoms with Gasteiger partial charge in [0.2, 0.25) is 0 Å².